The predicted molar refractivity (Wildman–Crippen MR) is 114 cm³/mol. The normalized spacial score (nSPS) is 24.6. The number of H-pyrrole nitrogens is 1. The minimum Gasteiger partial charge on any atom is -0.339 e. The third kappa shape index (κ3) is 3.09. The molecule has 2 aromatic carbocycles. The van der Waals surface area contributed by atoms with Gasteiger partial charge in [0.05, 0.1) is 0 Å². The molecule has 4 atom stereocenters. The molecule has 2 aliphatic rings. The van der Waals surface area contributed by atoms with E-state index >= 15 is 0 Å². The fourth-order valence-corrected chi connectivity index (χ4v) is 4.82. The van der Waals surface area contributed by atoms with E-state index in [1.165, 1.54) is 5.56 Å². The maximum Gasteiger partial charge on any atom is 0.272 e. The van der Waals surface area contributed by atoms with Crippen molar-refractivity contribution in [3.8, 4) is 0 Å². The predicted octanol–water partition coefficient (Wildman–Crippen LogP) is 3.13. The third-order valence-corrected chi connectivity index (χ3v) is 6.47. The van der Waals surface area contributed by atoms with Crippen molar-refractivity contribution in [2.45, 2.75) is 25.3 Å². The van der Waals surface area contributed by atoms with Crippen LogP contribution in [0.1, 0.15) is 40.2 Å². The van der Waals surface area contributed by atoms with Crippen molar-refractivity contribution in [2.24, 2.45) is 11.8 Å². The van der Waals surface area contributed by atoms with Crippen molar-refractivity contribution in [3.63, 3.8) is 0 Å². The standard InChI is InChI=1S/C24H24N4O2/c1-14-20-17-10-6-7-11-19(17)28(2)24(30)22(21(14)20)25-23(29)18-13-16(26-27-18)12-15-8-4-3-5-9-15/h3-11,13-14,20-22H,12H2,1-2H3,(H,25,29)(H,26,27)/t14?,20?,21?,22-/m0/s1. The van der Waals surface area contributed by atoms with Gasteiger partial charge in [0, 0.05) is 24.8 Å². The molecular weight excluding hydrogens is 376 g/mol. The smallest absolute Gasteiger partial charge is 0.272 e. The molecule has 1 aliphatic carbocycles. The molecule has 0 radical (unpaired) electrons. The summed E-state index contributed by atoms with van der Waals surface area (Å²) in [5, 5.41) is 10.1. The quantitative estimate of drug-likeness (QED) is 0.706. The molecule has 0 spiro atoms. The summed E-state index contributed by atoms with van der Waals surface area (Å²) in [6.07, 6.45) is 0.670. The van der Waals surface area contributed by atoms with Crippen LogP contribution < -0.4 is 10.2 Å². The average molecular weight is 400 g/mol. The molecule has 30 heavy (non-hydrogen) atoms. The number of anilines is 1. The lowest BCUT2D eigenvalue weighted by Gasteiger charge is -2.24. The number of hydrogen-bond acceptors (Lipinski definition) is 3. The van der Waals surface area contributed by atoms with E-state index < -0.39 is 6.04 Å². The first-order valence-electron chi connectivity index (χ1n) is 10.3. The SMILES string of the molecule is CC1C2c3ccccc3N(C)C(=O)[C@@H](NC(=O)c3cc(Cc4ccccc4)[nH]n3)C12. The Balaban J connectivity index is 1.35. The van der Waals surface area contributed by atoms with Crippen LogP contribution in [0.2, 0.25) is 0 Å². The number of carbonyl (C=O) groups excluding carboxylic acids is 2. The molecule has 2 amide bonds. The maximum atomic E-state index is 13.2. The summed E-state index contributed by atoms with van der Waals surface area (Å²) in [6, 6.07) is 19.2. The lowest BCUT2D eigenvalue weighted by molar-refractivity contribution is -0.120. The zero-order valence-electron chi connectivity index (χ0n) is 17.0. The highest BCUT2D eigenvalue weighted by Crippen LogP contribution is 2.59. The fourth-order valence-electron chi connectivity index (χ4n) is 4.82. The first-order chi connectivity index (χ1) is 14.5. The average Bonchev–Trinajstić information content (AvgIpc) is 3.21. The van der Waals surface area contributed by atoms with Crippen LogP contribution in [-0.4, -0.2) is 35.1 Å². The second-order valence-corrected chi connectivity index (χ2v) is 8.31. The summed E-state index contributed by atoms with van der Waals surface area (Å²) in [6.45, 7) is 2.15. The molecule has 6 nitrogen and oxygen atoms in total. The second-order valence-electron chi connectivity index (χ2n) is 8.31. The lowest BCUT2D eigenvalue weighted by Crippen LogP contribution is -2.48. The second kappa shape index (κ2) is 7.13. The lowest BCUT2D eigenvalue weighted by atomic mass is 10.1. The van der Waals surface area contributed by atoms with Crippen molar-refractivity contribution in [3.05, 3.63) is 83.2 Å². The van der Waals surface area contributed by atoms with Gasteiger partial charge in [0.15, 0.2) is 0 Å². The van der Waals surface area contributed by atoms with Crippen LogP contribution in [0.4, 0.5) is 5.69 Å². The molecule has 1 aromatic heterocycles. The summed E-state index contributed by atoms with van der Waals surface area (Å²) in [5.41, 5.74) is 4.43. The van der Waals surface area contributed by atoms with Gasteiger partial charge in [0.25, 0.3) is 5.91 Å². The molecule has 3 aromatic rings. The van der Waals surface area contributed by atoms with E-state index in [9.17, 15) is 9.59 Å². The van der Waals surface area contributed by atoms with Crippen LogP contribution in [0, 0.1) is 11.8 Å². The maximum absolute atomic E-state index is 13.2. The van der Waals surface area contributed by atoms with Crippen LogP contribution in [0.5, 0.6) is 0 Å². The van der Waals surface area contributed by atoms with Gasteiger partial charge >= 0.3 is 0 Å². The summed E-state index contributed by atoms with van der Waals surface area (Å²) < 4.78 is 0. The summed E-state index contributed by atoms with van der Waals surface area (Å²) >= 11 is 0. The Hall–Kier alpha value is -3.41. The van der Waals surface area contributed by atoms with Crippen molar-refractivity contribution < 1.29 is 9.59 Å². The van der Waals surface area contributed by atoms with Crippen molar-refractivity contribution in [1.29, 1.82) is 0 Å². The van der Waals surface area contributed by atoms with Crippen LogP contribution in [-0.2, 0) is 11.2 Å². The van der Waals surface area contributed by atoms with Crippen LogP contribution in [0.15, 0.2) is 60.7 Å². The van der Waals surface area contributed by atoms with Gasteiger partial charge in [-0.25, -0.2) is 0 Å². The Bertz CT molecular complexity index is 1110. The Labute approximate surface area is 175 Å². The monoisotopic (exact) mass is 400 g/mol. The van der Waals surface area contributed by atoms with E-state index in [4.69, 9.17) is 0 Å². The fraction of sp³-hybridized carbons (Fsp3) is 0.292. The van der Waals surface area contributed by atoms with Gasteiger partial charge in [-0.1, -0.05) is 55.5 Å². The van der Waals surface area contributed by atoms with Gasteiger partial charge in [-0.15, -0.1) is 0 Å². The van der Waals surface area contributed by atoms with Crippen LogP contribution in [0.25, 0.3) is 0 Å². The number of rotatable bonds is 4. The van der Waals surface area contributed by atoms with E-state index in [0.29, 0.717) is 18.0 Å². The molecule has 152 valence electrons. The van der Waals surface area contributed by atoms with Gasteiger partial charge in [-0.2, -0.15) is 5.10 Å². The number of nitrogens with one attached hydrogen (secondary N) is 2. The van der Waals surface area contributed by atoms with E-state index in [1.54, 1.807) is 18.0 Å². The van der Waals surface area contributed by atoms with E-state index in [2.05, 4.69) is 28.5 Å². The third-order valence-electron chi connectivity index (χ3n) is 6.47. The highest BCUT2D eigenvalue weighted by atomic mass is 16.2. The number of amides is 2. The van der Waals surface area contributed by atoms with Crippen LogP contribution >= 0.6 is 0 Å². The van der Waals surface area contributed by atoms with Gasteiger partial charge in [0.1, 0.15) is 11.7 Å². The minimum absolute atomic E-state index is 0.0762. The number of aromatic amines is 1. The molecule has 2 heterocycles. The van der Waals surface area contributed by atoms with Gasteiger partial charge < -0.3 is 10.2 Å². The highest BCUT2D eigenvalue weighted by molar-refractivity contribution is 6.03. The van der Waals surface area contributed by atoms with Crippen molar-refractivity contribution in [2.75, 3.05) is 11.9 Å². The number of hydrogen-bond donors (Lipinski definition) is 2. The summed E-state index contributed by atoms with van der Waals surface area (Å²) in [4.78, 5) is 27.8. The van der Waals surface area contributed by atoms with E-state index in [1.807, 2.05) is 48.5 Å². The molecule has 1 aliphatic heterocycles. The minimum atomic E-state index is -0.552. The molecular formula is C24H24N4O2. The Morgan fingerprint density at radius 1 is 1.13 bits per heavy atom. The van der Waals surface area contributed by atoms with E-state index in [-0.39, 0.29) is 23.7 Å². The molecule has 0 bridgehead atoms. The van der Waals surface area contributed by atoms with Crippen LogP contribution in [0.3, 0.4) is 0 Å². The number of fused-ring (bicyclic) bond motifs is 3. The number of aromatic nitrogens is 2. The first-order valence-corrected chi connectivity index (χ1v) is 10.3. The highest BCUT2D eigenvalue weighted by Gasteiger charge is 2.57. The number of likely N-dealkylation sites (N-methyl/N-ethyl adjacent to an activating group) is 1. The molecule has 6 heteroatoms. The summed E-state index contributed by atoms with van der Waals surface area (Å²) in [5.74, 6) is 0.347. The van der Waals surface area contributed by atoms with Gasteiger partial charge in [0.2, 0.25) is 5.91 Å². The molecule has 2 N–H and O–H groups in total. The number of para-hydroxylation sites is 1. The summed E-state index contributed by atoms with van der Waals surface area (Å²) in [7, 11) is 1.78. The molecule has 0 saturated heterocycles. The van der Waals surface area contributed by atoms with Gasteiger partial charge in [-0.3, -0.25) is 14.7 Å². The topological polar surface area (TPSA) is 78.1 Å². The largest absolute Gasteiger partial charge is 0.339 e. The Morgan fingerprint density at radius 3 is 2.67 bits per heavy atom. The number of carbonyl (C=O) groups is 2. The zero-order chi connectivity index (χ0) is 20.8. The molecule has 1 saturated carbocycles. The first kappa shape index (κ1) is 18.6. The number of benzene rings is 2. The Kier molecular flexibility index (Phi) is 4.42. The number of nitrogens with zero attached hydrogens (tertiary/aromatic N) is 2. The molecule has 5 rings (SSSR count). The van der Waals surface area contributed by atoms with Crippen molar-refractivity contribution >= 4 is 17.5 Å². The van der Waals surface area contributed by atoms with Crippen molar-refractivity contribution in [1.82, 2.24) is 15.5 Å². The van der Waals surface area contributed by atoms with E-state index in [0.717, 1.165) is 16.9 Å². The molecule has 3 unspecified atom stereocenters. The Morgan fingerprint density at radius 2 is 1.87 bits per heavy atom. The van der Waals surface area contributed by atoms with Gasteiger partial charge in [-0.05, 0) is 41.0 Å². The zero-order valence-corrected chi connectivity index (χ0v) is 17.0. The molecule has 1 fully saturated rings.